The van der Waals surface area contributed by atoms with E-state index in [-0.39, 0.29) is 5.97 Å². The molecule has 0 amide bonds. The molecule has 0 saturated heterocycles. The minimum absolute atomic E-state index is 0.149. The van der Waals surface area contributed by atoms with Crippen molar-refractivity contribution in [1.29, 1.82) is 0 Å². The standard InChI is InChI=1S/C16H15Cl2.C2H4O2.Sn/c1-2-3-16(12-4-8-14(17)9-5-12)13-6-10-15(18)11-7-13;1-2(3)4;/h4-11,16H,1-3H2;1H3,(H,3,4);/q;;+1/p-1. The molecule has 0 N–H and O–H groups in total. The summed E-state index contributed by atoms with van der Waals surface area (Å²) >= 11 is 11.0. The van der Waals surface area contributed by atoms with Crippen LogP contribution in [-0.2, 0) is 7.87 Å². The summed E-state index contributed by atoms with van der Waals surface area (Å²) in [5.41, 5.74) is 2.49. The first-order valence-corrected chi connectivity index (χ1v) is 11.4. The predicted octanol–water partition coefficient (Wildman–Crippen LogP) is 5.51. The van der Waals surface area contributed by atoms with Gasteiger partial charge < -0.3 is 0 Å². The van der Waals surface area contributed by atoms with Gasteiger partial charge in [0.2, 0.25) is 0 Å². The van der Waals surface area contributed by atoms with Crippen molar-refractivity contribution in [3.05, 3.63) is 69.7 Å². The molecule has 2 radical (unpaired) electrons. The molecule has 0 heterocycles. The summed E-state index contributed by atoms with van der Waals surface area (Å²) in [6.45, 7) is 1.48. The third-order valence-corrected chi connectivity index (χ3v) is 6.86. The van der Waals surface area contributed by atoms with Crippen LogP contribution in [0.25, 0.3) is 0 Å². The average Bonchev–Trinajstić information content (AvgIpc) is 2.53. The summed E-state index contributed by atoms with van der Waals surface area (Å²) in [4.78, 5) is 10.8. The first kappa shape index (κ1) is 18.6. The van der Waals surface area contributed by atoms with Gasteiger partial charge in [0.15, 0.2) is 0 Å². The first-order chi connectivity index (χ1) is 11.1. The van der Waals surface area contributed by atoms with Crippen molar-refractivity contribution in [2.45, 2.75) is 30.1 Å². The number of hydrogen-bond donors (Lipinski definition) is 0. The van der Waals surface area contributed by atoms with Crippen LogP contribution in [0.3, 0.4) is 0 Å². The fraction of sp³-hybridized carbons (Fsp3) is 0.278. The molecule has 2 aromatic carbocycles. The maximum atomic E-state index is 10.8. The van der Waals surface area contributed by atoms with Crippen molar-refractivity contribution in [3.8, 4) is 0 Å². The maximum absolute atomic E-state index is 10.8. The van der Waals surface area contributed by atoms with E-state index >= 15 is 0 Å². The molecule has 5 heteroatoms. The van der Waals surface area contributed by atoms with Crippen molar-refractivity contribution in [1.82, 2.24) is 0 Å². The van der Waals surface area contributed by atoms with Gasteiger partial charge in [-0.2, -0.15) is 0 Å². The molecular weight excluding hydrogens is 438 g/mol. The predicted molar refractivity (Wildman–Crippen MR) is 96.3 cm³/mol. The van der Waals surface area contributed by atoms with Gasteiger partial charge in [0.05, 0.1) is 0 Å². The summed E-state index contributed by atoms with van der Waals surface area (Å²) < 4.78 is 6.19. The summed E-state index contributed by atoms with van der Waals surface area (Å²) in [7, 11) is 0. The van der Waals surface area contributed by atoms with E-state index in [4.69, 9.17) is 26.3 Å². The molecule has 2 nitrogen and oxygen atoms in total. The monoisotopic (exact) mass is 456 g/mol. The molecule has 0 aliphatic rings. The molecule has 0 fully saturated rings. The van der Waals surface area contributed by atoms with E-state index in [1.54, 1.807) is 0 Å². The molecule has 2 rings (SSSR count). The Kier molecular flexibility index (Phi) is 7.74. The molecule has 0 spiro atoms. The molecule has 0 bridgehead atoms. The zero-order chi connectivity index (χ0) is 16.7. The minimum atomic E-state index is -1.02. The van der Waals surface area contributed by atoms with Crippen LogP contribution in [0.2, 0.25) is 14.5 Å². The van der Waals surface area contributed by atoms with Crippen LogP contribution < -0.4 is 0 Å². The van der Waals surface area contributed by atoms with E-state index < -0.39 is 21.6 Å². The Labute approximate surface area is 157 Å². The Morgan fingerprint density at radius 2 is 1.48 bits per heavy atom. The Hall–Kier alpha value is -0.711. The third-order valence-electron chi connectivity index (χ3n) is 3.53. The van der Waals surface area contributed by atoms with E-state index in [1.807, 2.05) is 24.3 Å². The van der Waals surface area contributed by atoms with Crippen LogP contribution in [0.15, 0.2) is 48.5 Å². The van der Waals surface area contributed by atoms with Gasteiger partial charge in [-0.05, 0) is 0 Å². The Bertz CT molecular complexity index is 581. The number of hydrogen-bond acceptors (Lipinski definition) is 2. The van der Waals surface area contributed by atoms with Crippen LogP contribution >= 0.6 is 23.2 Å². The fourth-order valence-electron chi connectivity index (χ4n) is 2.45. The molecule has 2 aromatic rings. The zero-order valence-corrected chi connectivity index (χ0v) is 17.3. The van der Waals surface area contributed by atoms with Crippen molar-refractivity contribution >= 4 is 50.7 Å². The van der Waals surface area contributed by atoms with Gasteiger partial charge in [-0.15, -0.1) is 0 Å². The number of carbonyl (C=O) groups excluding carboxylic acids is 1. The summed E-state index contributed by atoms with van der Waals surface area (Å²) in [6, 6.07) is 16.0. The number of benzene rings is 2. The molecule has 0 aliphatic carbocycles. The molecule has 0 aliphatic heterocycles. The van der Waals surface area contributed by atoms with E-state index in [0.29, 0.717) is 5.92 Å². The van der Waals surface area contributed by atoms with Crippen LogP contribution in [0.5, 0.6) is 0 Å². The van der Waals surface area contributed by atoms with Crippen LogP contribution in [0.4, 0.5) is 0 Å². The number of rotatable bonds is 7. The van der Waals surface area contributed by atoms with Crippen LogP contribution in [-0.4, -0.2) is 27.5 Å². The topological polar surface area (TPSA) is 26.3 Å². The Morgan fingerprint density at radius 3 is 1.91 bits per heavy atom. The second-order valence-electron chi connectivity index (χ2n) is 5.29. The van der Waals surface area contributed by atoms with Crippen molar-refractivity contribution in [2.24, 2.45) is 0 Å². The van der Waals surface area contributed by atoms with Gasteiger partial charge in [0.25, 0.3) is 0 Å². The van der Waals surface area contributed by atoms with E-state index in [0.717, 1.165) is 27.3 Å². The van der Waals surface area contributed by atoms with E-state index in [1.165, 1.54) is 18.1 Å². The fourth-order valence-corrected chi connectivity index (χ4v) is 4.56. The van der Waals surface area contributed by atoms with E-state index in [9.17, 15) is 4.79 Å². The molecule has 0 atom stereocenters. The molecular formula is C18H18Cl2O2Sn. The number of halogens is 2. The molecule has 23 heavy (non-hydrogen) atoms. The quantitative estimate of drug-likeness (QED) is 0.406. The SMILES string of the molecule is CC(=O)[O][Sn][CH2]CCC(c1ccc(Cl)cc1)c1ccc(Cl)cc1. The van der Waals surface area contributed by atoms with Gasteiger partial charge in [0, 0.05) is 0 Å². The van der Waals surface area contributed by atoms with Crippen molar-refractivity contribution in [2.75, 3.05) is 0 Å². The van der Waals surface area contributed by atoms with Gasteiger partial charge in [0.1, 0.15) is 0 Å². The van der Waals surface area contributed by atoms with Crippen molar-refractivity contribution < 1.29 is 7.87 Å². The normalized spacial score (nSPS) is 10.8. The molecule has 0 saturated carbocycles. The van der Waals surface area contributed by atoms with Crippen LogP contribution in [0.1, 0.15) is 36.8 Å². The second kappa shape index (κ2) is 9.55. The molecule has 0 unspecified atom stereocenters. The van der Waals surface area contributed by atoms with Crippen molar-refractivity contribution in [3.63, 3.8) is 0 Å². The summed E-state index contributed by atoms with van der Waals surface area (Å²) in [5, 5.41) is 1.49. The molecule has 120 valence electrons. The van der Waals surface area contributed by atoms with Gasteiger partial charge >= 0.3 is 158 Å². The first-order valence-electron chi connectivity index (χ1n) is 7.47. The van der Waals surface area contributed by atoms with E-state index in [2.05, 4.69) is 24.3 Å². The molecule has 0 aromatic heterocycles. The number of carbonyl (C=O) groups is 1. The average molecular weight is 456 g/mol. The Balaban J connectivity index is 2.07. The second-order valence-corrected chi connectivity index (χ2v) is 8.99. The summed E-state index contributed by atoms with van der Waals surface area (Å²) in [6.07, 6.45) is 2.07. The summed E-state index contributed by atoms with van der Waals surface area (Å²) in [5.74, 6) is 0.157. The van der Waals surface area contributed by atoms with Crippen LogP contribution in [0, 0.1) is 0 Å². The van der Waals surface area contributed by atoms with Gasteiger partial charge in [-0.3, -0.25) is 0 Å². The zero-order valence-electron chi connectivity index (χ0n) is 12.9. The van der Waals surface area contributed by atoms with Gasteiger partial charge in [-0.1, -0.05) is 0 Å². The Morgan fingerprint density at radius 1 is 1.00 bits per heavy atom. The van der Waals surface area contributed by atoms with Gasteiger partial charge in [-0.25, -0.2) is 0 Å². The third kappa shape index (κ3) is 6.36.